The van der Waals surface area contributed by atoms with E-state index in [2.05, 4.69) is 5.32 Å². The first-order valence-electron chi connectivity index (χ1n) is 5.89. The highest BCUT2D eigenvalue weighted by atomic mass is 32.2. The number of carbonyl (C=O) groups is 2. The summed E-state index contributed by atoms with van der Waals surface area (Å²) in [5.74, 6) is -0.555. The number of rotatable bonds is 4. The molecule has 1 unspecified atom stereocenters. The molecule has 3 N–H and O–H groups in total. The van der Waals surface area contributed by atoms with Crippen molar-refractivity contribution in [2.75, 3.05) is 24.3 Å². The highest BCUT2D eigenvalue weighted by molar-refractivity contribution is 8.00. The Morgan fingerprint density at radius 1 is 1.45 bits per heavy atom. The number of carboxylic acids is 1. The van der Waals surface area contributed by atoms with Crippen molar-refractivity contribution in [3.05, 3.63) is 0 Å². The van der Waals surface area contributed by atoms with Gasteiger partial charge in [0, 0.05) is 24.3 Å². The van der Waals surface area contributed by atoms with E-state index in [-0.39, 0.29) is 12.3 Å². The normalized spacial score (nSPS) is 22.9. The fourth-order valence-electron chi connectivity index (χ4n) is 1.77. The van der Waals surface area contributed by atoms with Gasteiger partial charge in [-0.3, -0.25) is 0 Å². The van der Waals surface area contributed by atoms with E-state index in [1.54, 1.807) is 0 Å². The minimum Gasteiger partial charge on any atom is -0.480 e. The summed E-state index contributed by atoms with van der Waals surface area (Å²) >= 11 is 1.42. The second-order valence-corrected chi connectivity index (χ2v) is 7.91. The highest BCUT2D eigenvalue weighted by Crippen LogP contribution is 2.20. The lowest BCUT2D eigenvalue weighted by Crippen LogP contribution is -2.58. The Morgan fingerprint density at radius 2 is 2.05 bits per heavy atom. The second-order valence-electron chi connectivity index (χ2n) is 4.56. The Hall–Kier alpha value is -1.00. The lowest BCUT2D eigenvalue weighted by Gasteiger charge is -2.34. The summed E-state index contributed by atoms with van der Waals surface area (Å²) < 4.78 is 23.3. The molecule has 8 nitrogen and oxygen atoms in total. The van der Waals surface area contributed by atoms with Crippen LogP contribution in [0, 0.1) is 0 Å². The van der Waals surface area contributed by atoms with Gasteiger partial charge in [-0.2, -0.15) is 11.8 Å². The maximum absolute atomic E-state index is 12.0. The fourth-order valence-corrected chi connectivity index (χ4v) is 4.59. The van der Waals surface area contributed by atoms with E-state index in [0.717, 1.165) is 11.2 Å². The summed E-state index contributed by atoms with van der Waals surface area (Å²) in [4.78, 5) is 24.1. The molecule has 0 spiro atoms. The van der Waals surface area contributed by atoms with Crippen molar-refractivity contribution in [2.24, 2.45) is 0 Å². The molecule has 3 atom stereocenters. The van der Waals surface area contributed by atoms with Gasteiger partial charge < -0.3 is 20.4 Å². The van der Waals surface area contributed by atoms with Gasteiger partial charge in [-0.05, 0) is 6.92 Å². The second kappa shape index (κ2) is 6.64. The minimum absolute atomic E-state index is 0.209. The summed E-state index contributed by atoms with van der Waals surface area (Å²) in [6.07, 6.45) is -0.250. The number of nitrogens with one attached hydrogen (secondary N) is 1. The van der Waals surface area contributed by atoms with E-state index in [0.29, 0.717) is 5.75 Å². The average Bonchev–Trinajstić information content (AvgIpc) is 2.33. The molecule has 1 aliphatic rings. The van der Waals surface area contributed by atoms with Crippen molar-refractivity contribution in [3.8, 4) is 0 Å². The molecule has 1 rings (SSSR count). The maximum Gasteiger partial charge on any atom is 0.328 e. The van der Waals surface area contributed by atoms with Gasteiger partial charge in [0.15, 0.2) is 15.9 Å². The number of amides is 2. The summed E-state index contributed by atoms with van der Waals surface area (Å²) in [6.45, 7) is 1.44. The number of urea groups is 1. The van der Waals surface area contributed by atoms with Crippen LogP contribution in [0.15, 0.2) is 0 Å². The number of nitrogens with zero attached hydrogens (tertiary/aromatic N) is 1. The third-order valence-corrected chi connectivity index (χ3v) is 5.51. The average molecular weight is 326 g/mol. The third-order valence-electron chi connectivity index (χ3n) is 2.87. The molecule has 0 saturated carbocycles. The van der Waals surface area contributed by atoms with Crippen LogP contribution in [0.1, 0.15) is 6.92 Å². The van der Waals surface area contributed by atoms with Gasteiger partial charge in [0.25, 0.3) is 0 Å². The largest absolute Gasteiger partial charge is 0.480 e. The molecule has 116 valence electrons. The summed E-state index contributed by atoms with van der Waals surface area (Å²) in [7, 11) is -3.46. The Kier molecular flexibility index (Phi) is 5.66. The number of carboxylic acid groups (broad SMARTS) is 1. The first-order chi connectivity index (χ1) is 9.14. The van der Waals surface area contributed by atoms with Crippen molar-refractivity contribution in [1.29, 1.82) is 0 Å². The van der Waals surface area contributed by atoms with Crippen LogP contribution < -0.4 is 5.32 Å². The van der Waals surface area contributed by atoms with E-state index in [9.17, 15) is 23.1 Å². The van der Waals surface area contributed by atoms with Crippen molar-refractivity contribution < 1.29 is 28.2 Å². The fraction of sp³-hybridized carbons (Fsp3) is 0.800. The van der Waals surface area contributed by atoms with Crippen molar-refractivity contribution in [2.45, 2.75) is 24.4 Å². The van der Waals surface area contributed by atoms with Crippen LogP contribution in [-0.4, -0.2) is 77.4 Å². The molecule has 0 aromatic carbocycles. The molecule has 0 aromatic rings. The van der Waals surface area contributed by atoms with Crippen molar-refractivity contribution in [1.82, 2.24) is 10.2 Å². The number of aliphatic hydroxyl groups is 1. The number of aliphatic hydroxyl groups excluding tert-OH is 1. The number of aliphatic carboxylic acids is 1. The van der Waals surface area contributed by atoms with E-state index in [1.165, 1.54) is 18.7 Å². The molecule has 0 bridgehead atoms. The Morgan fingerprint density at radius 3 is 2.50 bits per heavy atom. The lowest BCUT2D eigenvalue weighted by molar-refractivity contribution is -0.141. The van der Waals surface area contributed by atoms with Crippen LogP contribution >= 0.6 is 11.8 Å². The van der Waals surface area contributed by atoms with Crippen LogP contribution in [0.5, 0.6) is 0 Å². The van der Waals surface area contributed by atoms with E-state index >= 15 is 0 Å². The van der Waals surface area contributed by atoms with Gasteiger partial charge in [0.1, 0.15) is 5.37 Å². The van der Waals surface area contributed by atoms with Gasteiger partial charge in [0.05, 0.1) is 6.10 Å². The monoisotopic (exact) mass is 326 g/mol. The van der Waals surface area contributed by atoms with Gasteiger partial charge in [-0.25, -0.2) is 18.0 Å². The molecule has 0 aromatic heterocycles. The third kappa shape index (κ3) is 4.25. The zero-order valence-corrected chi connectivity index (χ0v) is 12.8. The quantitative estimate of drug-likeness (QED) is 0.602. The molecule has 0 radical (unpaired) electrons. The summed E-state index contributed by atoms with van der Waals surface area (Å²) in [6, 6.07) is -2.27. The lowest BCUT2D eigenvalue weighted by atomic mass is 10.2. The van der Waals surface area contributed by atoms with E-state index in [1.807, 2.05) is 0 Å². The predicted molar refractivity (Wildman–Crippen MR) is 74.3 cm³/mol. The van der Waals surface area contributed by atoms with Crippen LogP contribution in [0.2, 0.25) is 0 Å². The number of sulfone groups is 1. The van der Waals surface area contributed by atoms with Gasteiger partial charge in [0.2, 0.25) is 0 Å². The molecule has 20 heavy (non-hydrogen) atoms. The topological polar surface area (TPSA) is 124 Å². The van der Waals surface area contributed by atoms with Gasteiger partial charge >= 0.3 is 12.0 Å². The summed E-state index contributed by atoms with van der Waals surface area (Å²) in [5.41, 5.74) is 0. The minimum atomic E-state index is -3.46. The van der Waals surface area contributed by atoms with Gasteiger partial charge in [-0.1, -0.05) is 0 Å². The van der Waals surface area contributed by atoms with Crippen molar-refractivity contribution in [3.63, 3.8) is 0 Å². The van der Waals surface area contributed by atoms with Crippen LogP contribution in [0.3, 0.4) is 0 Å². The Bertz CT molecular complexity index is 478. The van der Waals surface area contributed by atoms with E-state index < -0.39 is 39.4 Å². The molecule has 1 aliphatic heterocycles. The van der Waals surface area contributed by atoms with Crippen molar-refractivity contribution >= 4 is 33.6 Å². The first kappa shape index (κ1) is 17.1. The van der Waals surface area contributed by atoms with E-state index in [4.69, 9.17) is 5.11 Å². The number of hydrogen-bond donors (Lipinski definition) is 3. The zero-order chi connectivity index (χ0) is 15.5. The predicted octanol–water partition coefficient (Wildman–Crippen LogP) is -1.05. The molecule has 10 heteroatoms. The van der Waals surface area contributed by atoms with Gasteiger partial charge in [-0.15, -0.1) is 0 Å². The first-order valence-corrected chi connectivity index (χ1v) is 9.00. The Balaban J connectivity index is 2.86. The molecule has 1 saturated heterocycles. The van der Waals surface area contributed by atoms with Crippen LogP contribution in [0.25, 0.3) is 0 Å². The number of carbonyl (C=O) groups excluding carboxylic acids is 1. The molecular formula is C10H18N2O6S2. The SMILES string of the molecule is C[C@@H](O)[C@H](NC(=O)N1CCSCC1S(C)(=O)=O)C(=O)O. The van der Waals surface area contributed by atoms with Crippen LogP contribution in [-0.2, 0) is 14.6 Å². The standard InChI is InChI=1S/C10H18N2O6S2/c1-6(13)8(9(14)15)11-10(16)12-3-4-19-5-7(12)20(2,17)18/h6-8,13H,3-5H2,1-2H3,(H,11,16)(H,14,15)/t6-,7?,8+/m1/s1. The van der Waals surface area contributed by atoms with Crippen LogP contribution in [0.4, 0.5) is 4.79 Å². The smallest absolute Gasteiger partial charge is 0.328 e. The Labute approximate surface area is 121 Å². The summed E-state index contributed by atoms with van der Waals surface area (Å²) in [5, 5.41) is 19.4. The molecule has 1 fully saturated rings. The highest BCUT2D eigenvalue weighted by Gasteiger charge is 2.36. The number of thioether (sulfide) groups is 1. The molecule has 0 aliphatic carbocycles. The number of hydrogen-bond acceptors (Lipinski definition) is 6. The molecule has 2 amide bonds. The molecule has 1 heterocycles. The molecular weight excluding hydrogens is 308 g/mol. The zero-order valence-electron chi connectivity index (χ0n) is 11.1. The maximum atomic E-state index is 12.0.